The van der Waals surface area contributed by atoms with Crippen molar-refractivity contribution in [2.75, 3.05) is 30.4 Å². The predicted molar refractivity (Wildman–Crippen MR) is 115 cm³/mol. The van der Waals surface area contributed by atoms with Gasteiger partial charge in [-0.05, 0) is 42.0 Å². The minimum atomic E-state index is -0.857. The number of hydrogen-bond acceptors (Lipinski definition) is 5. The van der Waals surface area contributed by atoms with E-state index >= 15 is 0 Å². The van der Waals surface area contributed by atoms with Gasteiger partial charge in [0, 0.05) is 31.4 Å². The largest absolute Gasteiger partial charge is 0.493 e. The van der Waals surface area contributed by atoms with Crippen molar-refractivity contribution >= 4 is 17.5 Å². The van der Waals surface area contributed by atoms with Gasteiger partial charge in [0.15, 0.2) is 0 Å². The summed E-state index contributed by atoms with van der Waals surface area (Å²) >= 11 is 0. The molecule has 3 aromatic rings. The number of carboxylic acids is 1. The lowest BCUT2D eigenvalue weighted by molar-refractivity contribution is -0.135. The van der Waals surface area contributed by atoms with Gasteiger partial charge in [-0.15, -0.1) is 0 Å². The van der Waals surface area contributed by atoms with Gasteiger partial charge in [-0.3, -0.25) is 4.79 Å². The molecule has 2 N–H and O–H groups in total. The Labute approximate surface area is 170 Å². The smallest absolute Gasteiger partial charge is 0.323 e. The number of ether oxygens (including phenoxy) is 1. The van der Waals surface area contributed by atoms with Crippen molar-refractivity contribution in [1.29, 1.82) is 0 Å². The molecule has 0 saturated heterocycles. The molecule has 0 unspecified atom stereocenters. The quantitative estimate of drug-likeness (QED) is 0.547. The lowest BCUT2D eigenvalue weighted by Gasteiger charge is -2.23. The van der Waals surface area contributed by atoms with Crippen molar-refractivity contribution in [2.24, 2.45) is 0 Å². The topological polar surface area (TPSA) is 74.7 Å². The summed E-state index contributed by atoms with van der Waals surface area (Å²) in [5.41, 5.74) is 2.87. The maximum Gasteiger partial charge on any atom is 0.323 e. The molecule has 29 heavy (non-hydrogen) atoms. The Morgan fingerprint density at radius 2 is 1.79 bits per heavy atom. The minimum Gasteiger partial charge on any atom is -0.493 e. The van der Waals surface area contributed by atoms with Gasteiger partial charge < -0.3 is 20.1 Å². The summed E-state index contributed by atoms with van der Waals surface area (Å²) in [4.78, 5) is 17.5. The van der Waals surface area contributed by atoms with E-state index in [2.05, 4.69) is 10.3 Å². The predicted octanol–water partition coefficient (Wildman–Crippen LogP) is 3.84. The molecule has 0 bridgehead atoms. The van der Waals surface area contributed by atoms with Gasteiger partial charge in [0.2, 0.25) is 0 Å². The van der Waals surface area contributed by atoms with Gasteiger partial charge >= 0.3 is 5.97 Å². The standard InChI is InChI=1S/C23H25N3O3/c1-24-22-9-5-6-19(25-22)14-15-29-21-12-10-18(11-13-21)16-26(17-23(27)28)20-7-3-2-4-8-20/h2-13H,14-17H2,1H3,(H,24,25)(H,27,28). The number of para-hydroxylation sites is 1. The maximum absolute atomic E-state index is 11.2. The lowest BCUT2D eigenvalue weighted by atomic mass is 10.2. The van der Waals surface area contributed by atoms with E-state index < -0.39 is 5.97 Å². The second-order valence-corrected chi connectivity index (χ2v) is 6.59. The lowest BCUT2D eigenvalue weighted by Crippen LogP contribution is -2.29. The zero-order chi connectivity index (χ0) is 20.5. The van der Waals surface area contributed by atoms with E-state index in [1.165, 1.54) is 0 Å². The van der Waals surface area contributed by atoms with E-state index in [0.29, 0.717) is 13.2 Å². The van der Waals surface area contributed by atoms with E-state index in [-0.39, 0.29) is 6.54 Å². The zero-order valence-corrected chi connectivity index (χ0v) is 16.4. The maximum atomic E-state index is 11.2. The van der Waals surface area contributed by atoms with Crippen LogP contribution in [0.5, 0.6) is 5.75 Å². The Kier molecular flexibility index (Phi) is 7.05. The van der Waals surface area contributed by atoms with Gasteiger partial charge in [0.1, 0.15) is 18.1 Å². The van der Waals surface area contributed by atoms with Crippen LogP contribution in [0.25, 0.3) is 0 Å². The van der Waals surface area contributed by atoms with Crippen LogP contribution in [-0.4, -0.2) is 36.3 Å². The van der Waals surface area contributed by atoms with E-state index in [1.54, 1.807) is 0 Å². The van der Waals surface area contributed by atoms with Crippen LogP contribution in [0.2, 0.25) is 0 Å². The van der Waals surface area contributed by atoms with Crippen LogP contribution in [-0.2, 0) is 17.8 Å². The Hall–Kier alpha value is -3.54. The molecule has 0 aliphatic rings. The van der Waals surface area contributed by atoms with Gasteiger partial charge in [-0.25, -0.2) is 4.98 Å². The van der Waals surface area contributed by atoms with Crippen LogP contribution < -0.4 is 15.0 Å². The Morgan fingerprint density at radius 1 is 1.03 bits per heavy atom. The second kappa shape index (κ2) is 10.1. The first-order chi connectivity index (χ1) is 14.1. The number of nitrogens with one attached hydrogen (secondary N) is 1. The molecule has 0 atom stereocenters. The van der Waals surface area contributed by atoms with Crippen LogP contribution in [0, 0.1) is 0 Å². The molecule has 6 nitrogen and oxygen atoms in total. The van der Waals surface area contributed by atoms with Gasteiger partial charge in [0.05, 0.1) is 6.61 Å². The molecule has 3 rings (SSSR count). The number of nitrogens with zero attached hydrogens (tertiary/aromatic N) is 2. The van der Waals surface area contributed by atoms with E-state index in [9.17, 15) is 9.90 Å². The second-order valence-electron chi connectivity index (χ2n) is 6.59. The third-order valence-corrected chi connectivity index (χ3v) is 4.43. The first-order valence-corrected chi connectivity index (χ1v) is 9.51. The number of anilines is 2. The zero-order valence-electron chi connectivity index (χ0n) is 16.4. The molecule has 2 aromatic carbocycles. The molecule has 0 radical (unpaired) electrons. The number of benzene rings is 2. The van der Waals surface area contributed by atoms with Crippen molar-refractivity contribution in [3.05, 3.63) is 84.1 Å². The highest BCUT2D eigenvalue weighted by Gasteiger charge is 2.11. The third kappa shape index (κ3) is 6.24. The molecule has 6 heteroatoms. The Bertz CT molecular complexity index is 914. The number of rotatable bonds is 10. The number of hydrogen-bond donors (Lipinski definition) is 2. The van der Waals surface area contributed by atoms with Crippen LogP contribution >= 0.6 is 0 Å². The minimum absolute atomic E-state index is 0.0546. The van der Waals surface area contributed by atoms with E-state index in [0.717, 1.165) is 34.9 Å². The first-order valence-electron chi connectivity index (χ1n) is 9.51. The van der Waals surface area contributed by atoms with Crippen molar-refractivity contribution in [1.82, 2.24) is 4.98 Å². The summed E-state index contributed by atoms with van der Waals surface area (Å²) in [6.07, 6.45) is 0.720. The molecular formula is C23H25N3O3. The van der Waals surface area contributed by atoms with Crippen LogP contribution in [0.15, 0.2) is 72.8 Å². The molecule has 0 aliphatic carbocycles. The molecule has 150 valence electrons. The van der Waals surface area contributed by atoms with Crippen LogP contribution in [0.3, 0.4) is 0 Å². The fraction of sp³-hybridized carbons (Fsp3) is 0.217. The monoisotopic (exact) mass is 391 g/mol. The number of aliphatic carboxylic acids is 1. The Balaban J connectivity index is 1.56. The molecule has 1 heterocycles. The highest BCUT2D eigenvalue weighted by atomic mass is 16.5. The van der Waals surface area contributed by atoms with Crippen molar-refractivity contribution in [3.8, 4) is 5.75 Å². The molecule has 0 aliphatic heterocycles. The fourth-order valence-electron chi connectivity index (χ4n) is 2.98. The molecule has 0 fully saturated rings. The van der Waals surface area contributed by atoms with Crippen molar-refractivity contribution in [2.45, 2.75) is 13.0 Å². The average Bonchev–Trinajstić information content (AvgIpc) is 2.75. The summed E-state index contributed by atoms with van der Waals surface area (Å²) in [7, 11) is 1.85. The van der Waals surface area contributed by atoms with Gasteiger partial charge in [0.25, 0.3) is 0 Å². The average molecular weight is 391 g/mol. The number of pyridine rings is 1. The summed E-state index contributed by atoms with van der Waals surface area (Å²) < 4.78 is 5.82. The van der Waals surface area contributed by atoms with Crippen molar-refractivity contribution < 1.29 is 14.6 Å². The Morgan fingerprint density at radius 3 is 2.48 bits per heavy atom. The molecule has 0 spiro atoms. The SMILES string of the molecule is CNc1cccc(CCOc2ccc(CN(CC(=O)O)c3ccccc3)cc2)n1. The molecule has 0 amide bonds. The fourth-order valence-corrected chi connectivity index (χ4v) is 2.98. The normalized spacial score (nSPS) is 10.4. The highest BCUT2D eigenvalue weighted by Crippen LogP contribution is 2.19. The number of carbonyl (C=O) groups is 1. The van der Waals surface area contributed by atoms with Gasteiger partial charge in [-0.1, -0.05) is 36.4 Å². The van der Waals surface area contributed by atoms with Crippen molar-refractivity contribution in [3.63, 3.8) is 0 Å². The summed E-state index contributed by atoms with van der Waals surface area (Å²) in [5, 5.41) is 12.2. The molecular weight excluding hydrogens is 366 g/mol. The number of aromatic nitrogens is 1. The van der Waals surface area contributed by atoms with Crippen LogP contribution in [0.1, 0.15) is 11.3 Å². The molecule has 0 saturated carbocycles. The highest BCUT2D eigenvalue weighted by molar-refractivity contribution is 5.73. The summed E-state index contributed by atoms with van der Waals surface area (Å²) in [5.74, 6) is 0.768. The van der Waals surface area contributed by atoms with Crippen LogP contribution in [0.4, 0.5) is 11.5 Å². The first kappa shape index (κ1) is 20.2. The summed E-state index contributed by atoms with van der Waals surface area (Å²) in [6, 6.07) is 23.2. The van der Waals surface area contributed by atoms with Gasteiger partial charge in [-0.2, -0.15) is 0 Å². The van der Waals surface area contributed by atoms with E-state index in [4.69, 9.17) is 4.74 Å². The molecule has 1 aromatic heterocycles. The number of carboxylic acid groups (broad SMARTS) is 1. The summed E-state index contributed by atoms with van der Waals surface area (Å²) in [6.45, 7) is 0.993. The third-order valence-electron chi connectivity index (χ3n) is 4.43. The van der Waals surface area contributed by atoms with E-state index in [1.807, 2.05) is 84.7 Å².